The molecule has 0 unspecified atom stereocenters. The van der Waals surface area contributed by atoms with Crippen molar-refractivity contribution in [1.82, 2.24) is 0 Å². The van der Waals surface area contributed by atoms with Crippen LogP contribution in [-0.2, 0) is 9.53 Å². The zero-order valence-electron chi connectivity index (χ0n) is 11.0. The molecular weight excluding hydrogens is 216 g/mol. The molecule has 1 rings (SSSR count). The lowest BCUT2D eigenvalue weighted by atomic mass is 9.92. The van der Waals surface area contributed by atoms with Crippen molar-refractivity contribution in [3.05, 3.63) is 33.9 Å². The van der Waals surface area contributed by atoms with Crippen molar-refractivity contribution >= 4 is 11.8 Å². The first-order chi connectivity index (χ1) is 7.90. The summed E-state index contributed by atoms with van der Waals surface area (Å²) in [5.41, 5.74) is 4.22. The van der Waals surface area contributed by atoms with Gasteiger partial charge in [0.1, 0.15) is 0 Å². The number of Topliss-reactive ketones (excluding diaryl/α,β-unsaturated/α-hetero) is 1. The Kier molecular flexibility index (Phi) is 4.05. The molecule has 3 nitrogen and oxygen atoms in total. The van der Waals surface area contributed by atoms with E-state index in [1.165, 1.54) is 0 Å². The van der Waals surface area contributed by atoms with Crippen molar-refractivity contribution in [2.24, 2.45) is 0 Å². The van der Waals surface area contributed by atoms with Crippen LogP contribution < -0.4 is 0 Å². The molecule has 0 heterocycles. The van der Waals surface area contributed by atoms with E-state index in [0.717, 1.165) is 22.3 Å². The molecule has 0 aliphatic rings. The number of carbonyl (C=O) groups is 2. The van der Waals surface area contributed by atoms with Crippen molar-refractivity contribution in [1.29, 1.82) is 0 Å². The Hall–Kier alpha value is -1.64. The van der Waals surface area contributed by atoms with E-state index in [2.05, 4.69) is 0 Å². The standard InChI is InChI=1S/C14H18O3/c1-6-17-14(16)13(15)12-10(4)8(2)7-9(3)11(12)5/h7H,6H2,1-5H3. The highest BCUT2D eigenvalue weighted by molar-refractivity contribution is 6.41. The van der Waals surface area contributed by atoms with Gasteiger partial charge in [0.25, 0.3) is 5.78 Å². The fourth-order valence-corrected chi connectivity index (χ4v) is 1.86. The summed E-state index contributed by atoms with van der Waals surface area (Å²) in [5.74, 6) is -1.32. The van der Waals surface area contributed by atoms with Crippen molar-refractivity contribution in [2.75, 3.05) is 6.61 Å². The van der Waals surface area contributed by atoms with Crippen LogP contribution in [0.3, 0.4) is 0 Å². The number of hydrogen-bond donors (Lipinski definition) is 0. The van der Waals surface area contributed by atoms with Gasteiger partial charge in [-0.1, -0.05) is 6.07 Å². The van der Waals surface area contributed by atoms with Gasteiger partial charge in [-0.05, 0) is 56.9 Å². The van der Waals surface area contributed by atoms with Crippen LogP contribution in [0, 0.1) is 27.7 Å². The molecule has 0 saturated carbocycles. The maximum absolute atomic E-state index is 12.0. The van der Waals surface area contributed by atoms with Crippen LogP contribution in [0.15, 0.2) is 6.07 Å². The minimum atomic E-state index is -0.774. The molecule has 0 aliphatic carbocycles. The SMILES string of the molecule is CCOC(=O)C(=O)c1c(C)c(C)cc(C)c1C. The molecule has 1 aromatic rings. The first-order valence-electron chi connectivity index (χ1n) is 5.69. The maximum atomic E-state index is 12.0. The van der Waals surface area contributed by atoms with Crippen molar-refractivity contribution in [3.8, 4) is 0 Å². The molecule has 0 fully saturated rings. The van der Waals surface area contributed by atoms with E-state index in [1.807, 2.05) is 33.8 Å². The molecule has 0 saturated heterocycles. The second kappa shape index (κ2) is 5.13. The predicted octanol–water partition coefficient (Wildman–Crippen LogP) is 2.67. The molecular formula is C14H18O3. The number of ketones is 1. The van der Waals surface area contributed by atoms with E-state index in [4.69, 9.17) is 4.74 Å². The van der Waals surface area contributed by atoms with Crippen LogP contribution in [0.4, 0.5) is 0 Å². The second-order valence-electron chi connectivity index (χ2n) is 4.18. The summed E-state index contributed by atoms with van der Waals surface area (Å²) in [6.45, 7) is 9.48. The van der Waals surface area contributed by atoms with Crippen LogP contribution in [0.25, 0.3) is 0 Å². The molecule has 0 aromatic heterocycles. The fourth-order valence-electron chi connectivity index (χ4n) is 1.86. The van der Waals surface area contributed by atoms with Gasteiger partial charge in [0, 0.05) is 5.56 Å². The number of hydrogen-bond acceptors (Lipinski definition) is 3. The lowest BCUT2D eigenvalue weighted by Crippen LogP contribution is -2.20. The van der Waals surface area contributed by atoms with Gasteiger partial charge in [0.15, 0.2) is 0 Å². The normalized spacial score (nSPS) is 10.2. The Labute approximate surface area is 102 Å². The molecule has 17 heavy (non-hydrogen) atoms. The lowest BCUT2D eigenvalue weighted by Gasteiger charge is -2.13. The predicted molar refractivity (Wildman–Crippen MR) is 66.4 cm³/mol. The first-order valence-corrected chi connectivity index (χ1v) is 5.69. The van der Waals surface area contributed by atoms with E-state index >= 15 is 0 Å². The molecule has 3 heteroatoms. The largest absolute Gasteiger partial charge is 0.460 e. The second-order valence-corrected chi connectivity index (χ2v) is 4.18. The van der Waals surface area contributed by atoms with Crippen LogP contribution >= 0.6 is 0 Å². The van der Waals surface area contributed by atoms with Gasteiger partial charge >= 0.3 is 5.97 Å². The molecule has 1 aromatic carbocycles. The molecule has 0 radical (unpaired) electrons. The molecule has 0 spiro atoms. The summed E-state index contributed by atoms with van der Waals surface area (Å²) < 4.78 is 4.76. The van der Waals surface area contributed by atoms with Gasteiger partial charge in [0.2, 0.25) is 0 Å². The molecule has 0 aliphatic heterocycles. The van der Waals surface area contributed by atoms with Crippen LogP contribution in [-0.4, -0.2) is 18.4 Å². The van der Waals surface area contributed by atoms with Crippen LogP contribution in [0.5, 0.6) is 0 Å². The minimum Gasteiger partial charge on any atom is -0.460 e. The Morgan fingerprint density at radius 2 is 1.53 bits per heavy atom. The van der Waals surface area contributed by atoms with Crippen molar-refractivity contribution in [3.63, 3.8) is 0 Å². The van der Waals surface area contributed by atoms with Crippen molar-refractivity contribution in [2.45, 2.75) is 34.6 Å². The molecule has 0 bridgehead atoms. The van der Waals surface area contributed by atoms with Gasteiger partial charge in [-0.25, -0.2) is 4.79 Å². The zero-order chi connectivity index (χ0) is 13.2. The Balaban J connectivity index is 3.31. The number of aryl methyl sites for hydroxylation is 2. The number of ether oxygens (including phenoxy) is 1. The highest BCUT2D eigenvalue weighted by atomic mass is 16.5. The molecule has 0 N–H and O–H groups in total. The highest BCUT2D eigenvalue weighted by Gasteiger charge is 2.23. The quantitative estimate of drug-likeness (QED) is 0.459. The average molecular weight is 234 g/mol. The third-order valence-corrected chi connectivity index (χ3v) is 3.05. The smallest absolute Gasteiger partial charge is 0.379 e. The maximum Gasteiger partial charge on any atom is 0.379 e. The summed E-state index contributed by atoms with van der Waals surface area (Å²) in [6, 6.07) is 2.02. The number of benzene rings is 1. The van der Waals surface area contributed by atoms with E-state index in [9.17, 15) is 9.59 Å². The number of esters is 1. The lowest BCUT2D eigenvalue weighted by molar-refractivity contribution is -0.137. The average Bonchev–Trinajstić information content (AvgIpc) is 2.27. The van der Waals surface area contributed by atoms with Gasteiger partial charge in [-0.15, -0.1) is 0 Å². The third-order valence-electron chi connectivity index (χ3n) is 3.05. The van der Waals surface area contributed by atoms with E-state index in [-0.39, 0.29) is 6.61 Å². The van der Waals surface area contributed by atoms with Gasteiger partial charge in [-0.2, -0.15) is 0 Å². The zero-order valence-corrected chi connectivity index (χ0v) is 11.0. The van der Waals surface area contributed by atoms with Gasteiger partial charge in [0.05, 0.1) is 6.61 Å². The summed E-state index contributed by atoms with van der Waals surface area (Å²) >= 11 is 0. The van der Waals surface area contributed by atoms with Gasteiger partial charge in [-0.3, -0.25) is 4.79 Å². The molecule has 92 valence electrons. The van der Waals surface area contributed by atoms with E-state index < -0.39 is 11.8 Å². The summed E-state index contributed by atoms with van der Waals surface area (Å²) in [4.78, 5) is 23.5. The van der Waals surface area contributed by atoms with E-state index in [1.54, 1.807) is 6.92 Å². The van der Waals surface area contributed by atoms with E-state index in [0.29, 0.717) is 5.56 Å². The monoisotopic (exact) mass is 234 g/mol. The Morgan fingerprint density at radius 3 is 1.94 bits per heavy atom. The molecule has 0 atom stereocenters. The summed E-state index contributed by atoms with van der Waals surface area (Å²) in [5, 5.41) is 0. The third kappa shape index (κ3) is 2.54. The fraction of sp³-hybridized carbons (Fsp3) is 0.429. The van der Waals surface area contributed by atoms with Crippen LogP contribution in [0.1, 0.15) is 39.5 Å². The Morgan fingerprint density at radius 1 is 1.06 bits per heavy atom. The first kappa shape index (κ1) is 13.4. The van der Waals surface area contributed by atoms with Crippen molar-refractivity contribution < 1.29 is 14.3 Å². The number of carbonyl (C=O) groups excluding carboxylic acids is 2. The number of rotatable bonds is 3. The van der Waals surface area contributed by atoms with Crippen LogP contribution in [0.2, 0.25) is 0 Å². The summed E-state index contributed by atoms with van der Waals surface area (Å²) in [6.07, 6.45) is 0. The highest BCUT2D eigenvalue weighted by Crippen LogP contribution is 2.22. The van der Waals surface area contributed by atoms with Gasteiger partial charge < -0.3 is 4.74 Å². The molecule has 0 amide bonds. The minimum absolute atomic E-state index is 0.216. The Bertz CT molecular complexity index is 447. The topological polar surface area (TPSA) is 43.4 Å². The summed E-state index contributed by atoms with van der Waals surface area (Å²) in [7, 11) is 0.